The predicted molar refractivity (Wildman–Crippen MR) is 282 cm³/mol. The zero-order valence-corrected chi connectivity index (χ0v) is 36.8. The lowest BCUT2D eigenvalue weighted by Crippen LogP contribution is -2.30. The van der Waals surface area contributed by atoms with Crippen molar-refractivity contribution in [2.45, 2.75) is 12.5 Å². The largest absolute Gasteiger partial charge is 0.455 e. The SMILES string of the molecule is C1=CC(N(c2ccc(-c3ccc(-c4ccccc4)cc3)cc2)c2ccc(-c3cccc(-n4c5ccccc5c5ccccc54)c3)cc2)CC(c2cccc3oc4c5ccccc5ccc4c23)=C1. The van der Waals surface area contributed by atoms with E-state index in [2.05, 4.69) is 258 Å². The van der Waals surface area contributed by atoms with Crippen LogP contribution in [0.25, 0.3) is 99.2 Å². The maximum atomic E-state index is 6.64. The van der Waals surface area contributed by atoms with Gasteiger partial charge in [0.05, 0.1) is 17.1 Å². The van der Waals surface area contributed by atoms with E-state index < -0.39 is 0 Å². The number of benzene rings is 10. The van der Waals surface area contributed by atoms with Gasteiger partial charge in [-0.15, -0.1) is 0 Å². The Bertz CT molecular complexity index is 3820. The highest BCUT2D eigenvalue weighted by Gasteiger charge is 2.25. The maximum Gasteiger partial charge on any atom is 0.143 e. The molecule has 0 saturated heterocycles. The number of hydrogen-bond acceptors (Lipinski definition) is 2. The average molecular weight is 857 g/mol. The molecule has 3 nitrogen and oxygen atoms in total. The maximum absolute atomic E-state index is 6.64. The molecule has 1 atom stereocenters. The summed E-state index contributed by atoms with van der Waals surface area (Å²) in [5.41, 5.74) is 17.4. The molecule has 12 aromatic rings. The molecule has 0 radical (unpaired) electrons. The van der Waals surface area contributed by atoms with Crippen LogP contribution in [-0.2, 0) is 0 Å². The van der Waals surface area contributed by atoms with Gasteiger partial charge in [0, 0.05) is 44.0 Å². The summed E-state index contributed by atoms with van der Waals surface area (Å²) in [7, 11) is 0. The van der Waals surface area contributed by atoms with Gasteiger partial charge >= 0.3 is 0 Å². The Morgan fingerprint density at radius 2 is 0.985 bits per heavy atom. The molecule has 316 valence electrons. The Kier molecular flexibility index (Phi) is 9.31. The Hall–Kier alpha value is -8.66. The van der Waals surface area contributed by atoms with Crippen molar-refractivity contribution in [1.82, 2.24) is 4.57 Å². The quantitative estimate of drug-likeness (QED) is 0.152. The number of fused-ring (bicyclic) bond motifs is 8. The second-order valence-corrected chi connectivity index (χ2v) is 17.6. The van der Waals surface area contributed by atoms with Gasteiger partial charge in [0.15, 0.2) is 0 Å². The van der Waals surface area contributed by atoms with Gasteiger partial charge in [-0.05, 0) is 117 Å². The molecule has 0 fully saturated rings. The Morgan fingerprint density at radius 3 is 1.67 bits per heavy atom. The lowest BCUT2D eigenvalue weighted by molar-refractivity contribution is 0.672. The van der Waals surface area contributed by atoms with Crippen molar-refractivity contribution in [3.05, 3.63) is 254 Å². The highest BCUT2D eigenvalue weighted by molar-refractivity contribution is 6.18. The number of rotatable bonds is 8. The van der Waals surface area contributed by atoms with Crippen LogP contribution in [0.4, 0.5) is 11.4 Å². The van der Waals surface area contributed by atoms with Crippen molar-refractivity contribution in [2.75, 3.05) is 4.90 Å². The summed E-state index contributed by atoms with van der Waals surface area (Å²) in [5, 5.41) is 7.17. The highest BCUT2D eigenvalue weighted by atomic mass is 16.3. The van der Waals surface area contributed by atoms with Gasteiger partial charge in [-0.1, -0.05) is 188 Å². The van der Waals surface area contributed by atoms with Crippen LogP contribution in [0.3, 0.4) is 0 Å². The van der Waals surface area contributed by atoms with Gasteiger partial charge in [0.2, 0.25) is 0 Å². The zero-order chi connectivity index (χ0) is 44.3. The van der Waals surface area contributed by atoms with E-state index in [-0.39, 0.29) is 6.04 Å². The molecule has 10 aromatic carbocycles. The molecular weight excluding hydrogens is 813 g/mol. The van der Waals surface area contributed by atoms with Gasteiger partial charge in [-0.3, -0.25) is 0 Å². The van der Waals surface area contributed by atoms with E-state index in [1.165, 1.54) is 77.1 Å². The first-order chi connectivity index (χ1) is 33.2. The molecule has 0 amide bonds. The summed E-state index contributed by atoms with van der Waals surface area (Å²) in [5.74, 6) is 0. The van der Waals surface area contributed by atoms with Gasteiger partial charge < -0.3 is 13.9 Å². The van der Waals surface area contributed by atoms with Gasteiger partial charge in [-0.2, -0.15) is 0 Å². The molecule has 1 aliphatic rings. The fourth-order valence-corrected chi connectivity index (χ4v) is 10.5. The van der Waals surface area contributed by atoms with Crippen LogP contribution in [0.15, 0.2) is 253 Å². The predicted octanol–water partition coefficient (Wildman–Crippen LogP) is 17.4. The lowest BCUT2D eigenvalue weighted by Gasteiger charge is -2.34. The van der Waals surface area contributed by atoms with Crippen molar-refractivity contribution >= 4 is 71.5 Å². The second-order valence-electron chi connectivity index (χ2n) is 17.6. The molecule has 67 heavy (non-hydrogen) atoms. The molecule has 2 aromatic heterocycles. The molecule has 0 bridgehead atoms. The number of nitrogens with zero attached hydrogens (tertiary/aromatic N) is 2. The third-order valence-corrected chi connectivity index (χ3v) is 13.8. The molecule has 0 saturated carbocycles. The number of para-hydroxylation sites is 2. The van der Waals surface area contributed by atoms with E-state index >= 15 is 0 Å². The molecule has 0 aliphatic heterocycles. The second kappa shape index (κ2) is 16.1. The Labute approximate surface area is 389 Å². The topological polar surface area (TPSA) is 21.3 Å². The fraction of sp³-hybridized carbons (Fsp3) is 0.0312. The van der Waals surface area contributed by atoms with Crippen LogP contribution in [-0.4, -0.2) is 10.6 Å². The van der Waals surface area contributed by atoms with Crippen molar-refractivity contribution in [3.8, 4) is 39.1 Å². The summed E-state index contributed by atoms with van der Waals surface area (Å²) >= 11 is 0. The Balaban J connectivity index is 0.869. The summed E-state index contributed by atoms with van der Waals surface area (Å²) in [6.45, 7) is 0. The van der Waals surface area contributed by atoms with Crippen molar-refractivity contribution in [3.63, 3.8) is 0 Å². The molecule has 3 heteroatoms. The minimum Gasteiger partial charge on any atom is -0.455 e. The van der Waals surface area contributed by atoms with E-state index in [4.69, 9.17) is 4.42 Å². The summed E-state index contributed by atoms with van der Waals surface area (Å²) in [4.78, 5) is 2.51. The molecule has 1 unspecified atom stereocenters. The monoisotopic (exact) mass is 856 g/mol. The van der Waals surface area contributed by atoms with E-state index in [1.807, 2.05) is 0 Å². The summed E-state index contributed by atoms with van der Waals surface area (Å²) < 4.78 is 9.03. The average Bonchev–Trinajstić information content (AvgIpc) is 3.96. The highest BCUT2D eigenvalue weighted by Crippen LogP contribution is 2.42. The van der Waals surface area contributed by atoms with E-state index in [0.717, 1.165) is 45.4 Å². The summed E-state index contributed by atoms with van der Waals surface area (Å²) in [6, 6.07) is 83.5. The molecule has 0 spiro atoms. The smallest absolute Gasteiger partial charge is 0.143 e. The van der Waals surface area contributed by atoms with Crippen LogP contribution in [0.1, 0.15) is 12.0 Å². The fourth-order valence-electron chi connectivity index (χ4n) is 10.5. The van der Waals surface area contributed by atoms with Crippen LogP contribution >= 0.6 is 0 Å². The van der Waals surface area contributed by atoms with E-state index in [1.54, 1.807) is 0 Å². The van der Waals surface area contributed by atoms with Crippen molar-refractivity contribution in [2.24, 2.45) is 0 Å². The minimum absolute atomic E-state index is 0.0507. The van der Waals surface area contributed by atoms with Crippen molar-refractivity contribution in [1.29, 1.82) is 0 Å². The van der Waals surface area contributed by atoms with E-state index in [0.29, 0.717) is 0 Å². The molecular formula is C64H44N2O. The number of aromatic nitrogens is 1. The van der Waals surface area contributed by atoms with Crippen molar-refractivity contribution < 1.29 is 4.42 Å². The first-order valence-corrected chi connectivity index (χ1v) is 23.2. The number of hydrogen-bond donors (Lipinski definition) is 0. The molecule has 2 heterocycles. The molecule has 0 N–H and O–H groups in total. The first kappa shape index (κ1) is 38.8. The van der Waals surface area contributed by atoms with Gasteiger partial charge in [-0.25, -0.2) is 0 Å². The lowest BCUT2D eigenvalue weighted by atomic mass is 9.90. The number of furan rings is 1. The standard InChI is InChI=1S/C64H44N2O/c1-2-13-43(14-3-1)44-27-29-45(30-28-44)46-31-36-51(37-32-46)65(53-18-11-17-50(42-53)55-23-12-26-62-63(55)59-40-35-48-15-4-5-20-56(48)64(59)67-62)52-38-33-47(34-39-52)49-16-10-19-54(41-49)66-60-24-8-6-21-57(60)58-22-7-9-25-61(58)66/h1-41,53H,42H2. The number of anilines is 2. The van der Waals surface area contributed by atoms with Crippen LogP contribution < -0.4 is 4.90 Å². The van der Waals surface area contributed by atoms with Crippen LogP contribution in [0, 0.1) is 0 Å². The number of allylic oxidation sites excluding steroid dienone is 2. The first-order valence-electron chi connectivity index (χ1n) is 23.2. The third-order valence-electron chi connectivity index (χ3n) is 13.8. The molecule has 1 aliphatic carbocycles. The summed E-state index contributed by atoms with van der Waals surface area (Å²) in [6.07, 6.45) is 7.70. The Morgan fingerprint density at radius 1 is 0.433 bits per heavy atom. The van der Waals surface area contributed by atoms with Gasteiger partial charge in [0.25, 0.3) is 0 Å². The van der Waals surface area contributed by atoms with Gasteiger partial charge in [0.1, 0.15) is 11.2 Å². The third kappa shape index (κ3) is 6.75. The van der Waals surface area contributed by atoms with Crippen LogP contribution in [0.2, 0.25) is 0 Å². The zero-order valence-electron chi connectivity index (χ0n) is 36.8. The normalized spacial score (nSPS) is 13.8. The van der Waals surface area contributed by atoms with E-state index in [9.17, 15) is 0 Å². The molecule has 13 rings (SSSR count). The minimum atomic E-state index is 0.0507. The van der Waals surface area contributed by atoms with Crippen LogP contribution in [0.5, 0.6) is 0 Å².